The minimum absolute atomic E-state index is 0.139. The highest BCUT2D eigenvalue weighted by molar-refractivity contribution is 6.09. The van der Waals surface area contributed by atoms with E-state index in [4.69, 9.17) is 10.5 Å². The van der Waals surface area contributed by atoms with Crippen molar-refractivity contribution in [3.05, 3.63) is 63.7 Å². The maximum absolute atomic E-state index is 13.3. The number of anilines is 1. The molecule has 1 fully saturated rings. The van der Waals surface area contributed by atoms with Crippen LogP contribution in [-0.2, 0) is 16.1 Å². The van der Waals surface area contributed by atoms with E-state index < -0.39 is 23.4 Å². The number of piperidine rings is 1. The van der Waals surface area contributed by atoms with Gasteiger partial charge in [0.05, 0.1) is 23.7 Å². The summed E-state index contributed by atoms with van der Waals surface area (Å²) < 4.78 is 6.59. The second-order valence-corrected chi connectivity index (χ2v) is 7.70. The van der Waals surface area contributed by atoms with E-state index in [1.54, 1.807) is 43.3 Å². The first-order valence-electron chi connectivity index (χ1n) is 10.4. The predicted molar refractivity (Wildman–Crippen MR) is 121 cm³/mol. The van der Waals surface area contributed by atoms with Gasteiger partial charge >= 0.3 is 0 Å². The maximum atomic E-state index is 13.3. The summed E-state index contributed by atoms with van der Waals surface area (Å²) in [5, 5.41) is 5.31. The number of methoxy groups -OCH3 is 1. The second kappa shape index (κ2) is 8.83. The molecular formula is C23H23N5O5. The summed E-state index contributed by atoms with van der Waals surface area (Å²) in [7, 11) is 1.47. The van der Waals surface area contributed by atoms with E-state index in [-0.39, 0.29) is 30.7 Å². The van der Waals surface area contributed by atoms with Gasteiger partial charge in [-0.2, -0.15) is 0 Å². The van der Waals surface area contributed by atoms with E-state index in [0.29, 0.717) is 28.3 Å². The molecule has 3 amide bonds. The zero-order valence-corrected chi connectivity index (χ0v) is 18.2. The Morgan fingerprint density at radius 3 is 2.76 bits per heavy atom. The number of nitrogens with two attached hydrogens (primary N) is 1. The first kappa shape index (κ1) is 22.2. The van der Waals surface area contributed by atoms with Crippen molar-refractivity contribution >= 4 is 34.3 Å². The average Bonchev–Trinajstić information content (AvgIpc) is 2.80. The second-order valence-electron chi connectivity index (χ2n) is 7.70. The van der Waals surface area contributed by atoms with Crippen LogP contribution in [0.5, 0.6) is 5.75 Å². The number of fused-ring (bicyclic) bond motifs is 1. The number of carbonyl (C=O) groups excluding carboxylic acids is 3. The van der Waals surface area contributed by atoms with Gasteiger partial charge in [-0.25, -0.2) is 4.98 Å². The number of nitrogens with zero attached hydrogens (tertiary/aromatic N) is 2. The fourth-order valence-corrected chi connectivity index (χ4v) is 3.97. The zero-order chi connectivity index (χ0) is 23.7. The number of aromatic nitrogens is 2. The topological polar surface area (TPSA) is 145 Å². The molecule has 2 heterocycles. The van der Waals surface area contributed by atoms with Crippen molar-refractivity contribution in [3.63, 3.8) is 0 Å². The largest absolute Gasteiger partial charge is 0.496 e. The highest BCUT2D eigenvalue weighted by Crippen LogP contribution is 2.26. The first-order chi connectivity index (χ1) is 15.8. The summed E-state index contributed by atoms with van der Waals surface area (Å²) >= 11 is 0. The number of rotatable bonds is 5. The monoisotopic (exact) mass is 449 g/mol. The first-order valence-corrected chi connectivity index (χ1v) is 10.4. The van der Waals surface area contributed by atoms with Crippen LogP contribution in [0.2, 0.25) is 0 Å². The number of carbonyl (C=O) groups is 3. The van der Waals surface area contributed by atoms with Gasteiger partial charge in [-0.05, 0) is 43.2 Å². The molecule has 1 saturated heterocycles. The van der Waals surface area contributed by atoms with Gasteiger partial charge in [-0.1, -0.05) is 12.1 Å². The van der Waals surface area contributed by atoms with Crippen molar-refractivity contribution in [2.75, 3.05) is 12.4 Å². The summed E-state index contributed by atoms with van der Waals surface area (Å²) in [6.07, 6.45) is 0.354. The summed E-state index contributed by atoms with van der Waals surface area (Å²) in [6, 6.07) is 9.11. The molecule has 1 aliphatic rings. The third-order valence-corrected chi connectivity index (χ3v) is 5.62. The molecule has 1 aromatic heterocycles. The molecule has 2 aromatic carbocycles. The minimum Gasteiger partial charge on any atom is -0.496 e. The number of hydrogen-bond donors (Lipinski definition) is 3. The number of benzene rings is 2. The summed E-state index contributed by atoms with van der Waals surface area (Å²) in [6.45, 7) is 1.87. The van der Waals surface area contributed by atoms with Gasteiger partial charge in [0.2, 0.25) is 11.8 Å². The molecule has 0 radical (unpaired) electrons. The summed E-state index contributed by atoms with van der Waals surface area (Å²) in [4.78, 5) is 54.7. The van der Waals surface area contributed by atoms with E-state index in [1.807, 2.05) is 0 Å². The fraction of sp³-hybridized carbons (Fsp3) is 0.261. The minimum atomic E-state index is -0.825. The Morgan fingerprint density at radius 1 is 1.27 bits per heavy atom. The van der Waals surface area contributed by atoms with Crippen LogP contribution in [0.25, 0.3) is 10.9 Å². The van der Waals surface area contributed by atoms with Crippen LogP contribution in [0.15, 0.2) is 41.2 Å². The van der Waals surface area contributed by atoms with Crippen LogP contribution in [-0.4, -0.2) is 34.4 Å². The Hall–Kier alpha value is -4.05. The van der Waals surface area contributed by atoms with Crippen molar-refractivity contribution in [3.8, 4) is 5.75 Å². The zero-order valence-electron chi connectivity index (χ0n) is 18.2. The molecule has 1 atom stereocenters. The quantitative estimate of drug-likeness (QED) is 0.499. The Morgan fingerprint density at radius 2 is 2.06 bits per heavy atom. The number of imide groups is 1. The van der Waals surface area contributed by atoms with E-state index in [9.17, 15) is 19.2 Å². The number of para-hydroxylation sites is 1. The number of amides is 3. The number of ether oxygens (including phenoxy) is 1. The molecule has 10 heteroatoms. The predicted octanol–water partition coefficient (Wildman–Crippen LogP) is 1.40. The molecule has 0 saturated carbocycles. The van der Waals surface area contributed by atoms with E-state index >= 15 is 0 Å². The smallest absolute Gasteiger partial charge is 0.262 e. The van der Waals surface area contributed by atoms with Crippen LogP contribution in [0.1, 0.15) is 40.6 Å². The molecule has 170 valence electrons. The molecule has 10 nitrogen and oxygen atoms in total. The lowest BCUT2D eigenvalue weighted by molar-refractivity contribution is -0.135. The Bertz CT molecular complexity index is 1350. The normalized spacial score (nSPS) is 15.9. The maximum Gasteiger partial charge on any atom is 0.262 e. The lowest BCUT2D eigenvalue weighted by Gasteiger charge is -2.24. The molecule has 4 rings (SSSR count). The number of nitrogens with one attached hydrogen (secondary N) is 2. The average molecular weight is 449 g/mol. The van der Waals surface area contributed by atoms with Crippen LogP contribution in [0.4, 0.5) is 5.69 Å². The van der Waals surface area contributed by atoms with Crippen molar-refractivity contribution in [2.24, 2.45) is 5.73 Å². The third-order valence-electron chi connectivity index (χ3n) is 5.62. The molecule has 33 heavy (non-hydrogen) atoms. The van der Waals surface area contributed by atoms with Crippen molar-refractivity contribution in [1.29, 1.82) is 0 Å². The van der Waals surface area contributed by atoms with Gasteiger partial charge in [-0.15, -0.1) is 0 Å². The molecule has 1 unspecified atom stereocenters. The molecular weight excluding hydrogens is 426 g/mol. The van der Waals surface area contributed by atoms with Gasteiger partial charge in [0.1, 0.15) is 23.1 Å². The van der Waals surface area contributed by atoms with Crippen LogP contribution >= 0.6 is 0 Å². The molecule has 0 bridgehead atoms. The highest BCUT2D eigenvalue weighted by atomic mass is 16.5. The van der Waals surface area contributed by atoms with Gasteiger partial charge in [0.25, 0.3) is 11.5 Å². The summed E-state index contributed by atoms with van der Waals surface area (Å²) in [5.41, 5.74) is 6.97. The standard InChI is InChI=1S/C23H23N5O5/c1-12-25-20-14(23(32)28(12)17-7-9-19(29)27-22(17)31)4-3-5-16(20)26-21(30)15-10-13(11-24)6-8-18(15)33-2/h3-6,8,10,17H,7,9,11,24H2,1-2H3,(H,26,30)(H,27,29,31). The fourth-order valence-electron chi connectivity index (χ4n) is 3.97. The molecule has 3 aromatic rings. The third kappa shape index (κ3) is 4.08. The van der Waals surface area contributed by atoms with Gasteiger partial charge in [0.15, 0.2) is 0 Å². The van der Waals surface area contributed by atoms with Crippen LogP contribution in [0.3, 0.4) is 0 Å². The molecule has 0 spiro atoms. The van der Waals surface area contributed by atoms with Crippen molar-refractivity contribution < 1.29 is 19.1 Å². The molecule has 1 aliphatic heterocycles. The van der Waals surface area contributed by atoms with E-state index in [2.05, 4.69) is 15.6 Å². The van der Waals surface area contributed by atoms with Crippen LogP contribution < -0.4 is 26.7 Å². The Labute approximate surface area is 188 Å². The lowest BCUT2D eigenvalue weighted by atomic mass is 10.1. The van der Waals surface area contributed by atoms with Crippen molar-refractivity contribution in [2.45, 2.75) is 32.4 Å². The number of aryl methyl sites for hydroxylation is 1. The van der Waals surface area contributed by atoms with E-state index in [1.165, 1.54) is 11.7 Å². The van der Waals surface area contributed by atoms with Gasteiger partial charge in [-0.3, -0.25) is 29.1 Å². The highest BCUT2D eigenvalue weighted by Gasteiger charge is 2.30. The molecule has 4 N–H and O–H groups in total. The van der Waals surface area contributed by atoms with E-state index in [0.717, 1.165) is 5.56 Å². The van der Waals surface area contributed by atoms with Gasteiger partial charge in [0, 0.05) is 13.0 Å². The van der Waals surface area contributed by atoms with Crippen LogP contribution in [0, 0.1) is 6.92 Å². The Kier molecular flexibility index (Phi) is 5.93. The lowest BCUT2D eigenvalue weighted by Crippen LogP contribution is -2.45. The van der Waals surface area contributed by atoms with Crippen molar-refractivity contribution in [1.82, 2.24) is 14.9 Å². The summed E-state index contributed by atoms with van der Waals surface area (Å²) in [5.74, 6) is -0.659. The Balaban J connectivity index is 1.75. The molecule has 0 aliphatic carbocycles. The SMILES string of the molecule is COc1ccc(CN)cc1C(=O)Nc1cccc2c(=O)n(C3CCC(=O)NC3=O)c(C)nc12. The number of hydrogen-bond acceptors (Lipinski definition) is 7. The van der Waals surface area contributed by atoms with Gasteiger partial charge < -0.3 is 15.8 Å².